The van der Waals surface area contributed by atoms with Gasteiger partial charge in [-0.05, 0) is 59.9 Å². The fraction of sp³-hybridized carbons (Fsp3) is 0.231. The van der Waals surface area contributed by atoms with Crippen molar-refractivity contribution in [3.63, 3.8) is 0 Å². The summed E-state index contributed by atoms with van der Waals surface area (Å²) in [7, 11) is 1.48. The Kier molecular flexibility index (Phi) is 8.34. The minimum atomic E-state index is -1.20. The van der Waals surface area contributed by atoms with Gasteiger partial charge in [0.2, 0.25) is 5.91 Å². The molecule has 2 aromatic carbocycles. The van der Waals surface area contributed by atoms with E-state index in [9.17, 15) is 19.5 Å². The molecule has 0 radical (unpaired) electrons. The predicted molar refractivity (Wildman–Crippen MR) is 127 cm³/mol. The van der Waals surface area contributed by atoms with Gasteiger partial charge >= 0.3 is 5.97 Å². The van der Waals surface area contributed by atoms with Crippen LogP contribution in [0.15, 0.2) is 67.0 Å². The molecule has 3 N–H and O–H groups in total. The molecule has 1 aromatic heterocycles. The largest absolute Gasteiger partial charge is 0.487 e. The molecule has 1 heterocycles. The molecule has 0 aliphatic heterocycles. The molecule has 1 atom stereocenters. The molecule has 0 bridgehead atoms. The summed E-state index contributed by atoms with van der Waals surface area (Å²) in [6.07, 6.45) is 3.25. The summed E-state index contributed by atoms with van der Waals surface area (Å²) in [5, 5.41) is 14.6. The van der Waals surface area contributed by atoms with Crippen LogP contribution >= 0.6 is 0 Å². The van der Waals surface area contributed by atoms with E-state index in [-0.39, 0.29) is 25.4 Å². The highest BCUT2D eigenvalue weighted by atomic mass is 16.5. The number of ether oxygens (including phenoxy) is 1. The lowest BCUT2D eigenvalue weighted by Gasteiger charge is -2.18. The zero-order valence-corrected chi connectivity index (χ0v) is 19.1. The van der Waals surface area contributed by atoms with Crippen LogP contribution in [0.3, 0.4) is 0 Å². The SMILES string of the molecule is CNC(=O)CC[C@H](NC(=O)c1ccc(COc2cccnc2)cc1-c1ccccc1C)C(=O)O. The maximum absolute atomic E-state index is 13.2. The van der Waals surface area contributed by atoms with Gasteiger partial charge < -0.3 is 20.5 Å². The lowest BCUT2D eigenvalue weighted by Crippen LogP contribution is -2.41. The Morgan fingerprint density at radius 1 is 1.06 bits per heavy atom. The normalized spacial score (nSPS) is 11.4. The second kappa shape index (κ2) is 11.6. The number of pyridine rings is 1. The van der Waals surface area contributed by atoms with Crippen LogP contribution in [0.25, 0.3) is 11.1 Å². The first-order valence-corrected chi connectivity index (χ1v) is 10.8. The highest BCUT2D eigenvalue weighted by molar-refractivity contribution is 6.02. The van der Waals surface area contributed by atoms with Crippen molar-refractivity contribution in [2.24, 2.45) is 0 Å². The third-order valence-corrected chi connectivity index (χ3v) is 5.35. The van der Waals surface area contributed by atoms with Crippen LogP contribution in [0.1, 0.15) is 34.3 Å². The third kappa shape index (κ3) is 6.41. The maximum Gasteiger partial charge on any atom is 0.326 e. The summed E-state index contributed by atoms with van der Waals surface area (Å²) in [6.45, 7) is 2.22. The molecule has 0 aliphatic carbocycles. The highest BCUT2D eigenvalue weighted by Crippen LogP contribution is 2.29. The van der Waals surface area contributed by atoms with Gasteiger partial charge in [-0.2, -0.15) is 0 Å². The van der Waals surface area contributed by atoms with E-state index >= 15 is 0 Å². The van der Waals surface area contributed by atoms with E-state index in [0.717, 1.165) is 16.7 Å². The number of aryl methyl sites for hydroxylation is 1. The van der Waals surface area contributed by atoms with Crippen molar-refractivity contribution in [1.82, 2.24) is 15.6 Å². The van der Waals surface area contributed by atoms with Crippen LogP contribution in [0.4, 0.5) is 0 Å². The van der Waals surface area contributed by atoms with Gasteiger partial charge in [0, 0.05) is 25.2 Å². The molecule has 0 aliphatic rings. The average molecular weight is 462 g/mol. The number of hydrogen-bond acceptors (Lipinski definition) is 5. The van der Waals surface area contributed by atoms with Crippen molar-refractivity contribution in [2.45, 2.75) is 32.4 Å². The third-order valence-electron chi connectivity index (χ3n) is 5.35. The minimum absolute atomic E-state index is 0.0109. The molecule has 0 unspecified atom stereocenters. The number of carbonyl (C=O) groups excluding carboxylic acids is 2. The summed E-state index contributed by atoms with van der Waals surface area (Å²) in [5.41, 5.74) is 3.67. The molecular formula is C26H27N3O5. The minimum Gasteiger partial charge on any atom is -0.487 e. The van der Waals surface area contributed by atoms with E-state index in [0.29, 0.717) is 16.9 Å². The fourth-order valence-corrected chi connectivity index (χ4v) is 3.47. The van der Waals surface area contributed by atoms with Crippen LogP contribution in [0.5, 0.6) is 5.75 Å². The second-order valence-electron chi connectivity index (χ2n) is 7.75. The lowest BCUT2D eigenvalue weighted by atomic mass is 9.93. The van der Waals surface area contributed by atoms with E-state index in [4.69, 9.17) is 4.74 Å². The van der Waals surface area contributed by atoms with Gasteiger partial charge in [-0.15, -0.1) is 0 Å². The summed E-state index contributed by atoms with van der Waals surface area (Å²) in [5.74, 6) is -1.39. The number of aromatic nitrogens is 1. The number of carbonyl (C=O) groups is 3. The number of nitrogens with zero attached hydrogens (tertiary/aromatic N) is 1. The van der Waals surface area contributed by atoms with Gasteiger partial charge in [0.15, 0.2) is 0 Å². The molecule has 3 rings (SSSR count). The van der Waals surface area contributed by atoms with E-state index < -0.39 is 17.9 Å². The zero-order chi connectivity index (χ0) is 24.5. The number of amides is 2. The number of benzene rings is 2. The van der Waals surface area contributed by atoms with Crippen LogP contribution in [0.2, 0.25) is 0 Å². The van der Waals surface area contributed by atoms with E-state index in [2.05, 4.69) is 15.6 Å². The van der Waals surface area contributed by atoms with Crippen molar-refractivity contribution in [3.05, 3.63) is 83.7 Å². The lowest BCUT2D eigenvalue weighted by molar-refractivity contribution is -0.139. The summed E-state index contributed by atoms with van der Waals surface area (Å²) in [4.78, 5) is 40.4. The summed E-state index contributed by atoms with van der Waals surface area (Å²) in [6, 6.07) is 15.3. The average Bonchev–Trinajstić information content (AvgIpc) is 2.85. The molecule has 0 fully saturated rings. The molecule has 8 heteroatoms. The van der Waals surface area contributed by atoms with Gasteiger partial charge in [-0.25, -0.2) is 4.79 Å². The van der Waals surface area contributed by atoms with Gasteiger partial charge in [0.25, 0.3) is 5.91 Å². The smallest absolute Gasteiger partial charge is 0.326 e. The summed E-state index contributed by atoms with van der Waals surface area (Å²) < 4.78 is 5.80. The fourth-order valence-electron chi connectivity index (χ4n) is 3.47. The molecule has 34 heavy (non-hydrogen) atoms. The Hall–Kier alpha value is -4.20. The number of carboxylic acids is 1. The van der Waals surface area contributed by atoms with E-state index in [1.54, 1.807) is 30.6 Å². The number of nitrogens with one attached hydrogen (secondary N) is 2. The van der Waals surface area contributed by atoms with Crippen LogP contribution in [0, 0.1) is 6.92 Å². The van der Waals surface area contributed by atoms with E-state index in [1.165, 1.54) is 7.05 Å². The van der Waals surface area contributed by atoms with Crippen LogP contribution < -0.4 is 15.4 Å². The highest BCUT2D eigenvalue weighted by Gasteiger charge is 2.23. The Labute approximate surface area is 198 Å². The molecule has 0 saturated heterocycles. The monoisotopic (exact) mass is 461 g/mol. The Balaban J connectivity index is 1.89. The van der Waals surface area contributed by atoms with Gasteiger partial charge in [0.05, 0.1) is 6.20 Å². The quantitative estimate of drug-likeness (QED) is 0.426. The van der Waals surface area contributed by atoms with Gasteiger partial charge in [0.1, 0.15) is 18.4 Å². The Bertz CT molecular complexity index is 1160. The first-order valence-electron chi connectivity index (χ1n) is 10.8. The Morgan fingerprint density at radius 3 is 2.53 bits per heavy atom. The van der Waals surface area contributed by atoms with E-state index in [1.807, 2.05) is 43.3 Å². The molecular weight excluding hydrogens is 434 g/mol. The van der Waals surface area contributed by atoms with Crippen molar-refractivity contribution >= 4 is 17.8 Å². The first kappa shape index (κ1) is 24.4. The molecule has 176 valence electrons. The molecule has 0 saturated carbocycles. The van der Waals surface area contributed by atoms with Crippen molar-refractivity contribution in [3.8, 4) is 16.9 Å². The Morgan fingerprint density at radius 2 is 1.85 bits per heavy atom. The molecule has 0 spiro atoms. The summed E-state index contributed by atoms with van der Waals surface area (Å²) >= 11 is 0. The van der Waals surface area contributed by atoms with Crippen molar-refractivity contribution < 1.29 is 24.2 Å². The first-order chi connectivity index (χ1) is 16.4. The second-order valence-corrected chi connectivity index (χ2v) is 7.75. The number of rotatable bonds is 10. The van der Waals surface area contributed by atoms with Gasteiger partial charge in [-0.1, -0.05) is 30.3 Å². The van der Waals surface area contributed by atoms with Crippen LogP contribution in [-0.2, 0) is 16.2 Å². The van der Waals surface area contributed by atoms with Crippen molar-refractivity contribution in [1.29, 1.82) is 0 Å². The number of carboxylic acid groups (broad SMARTS) is 1. The predicted octanol–water partition coefficient (Wildman–Crippen LogP) is 3.35. The molecule has 3 aromatic rings. The maximum atomic E-state index is 13.2. The standard InChI is InChI=1S/C26H27N3O5/c1-17-6-3-4-8-20(17)22-14-18(16-34-19-7-5-13-28-15-19)9-10-21(22)25(31)29-23(26(32)33)11-12-24(30)27-2/h3-10,13-15,23H,11-12,16H2,1-2H3,(H,27,30)(H,29,31)(H,32,33)/t23-/m0/s1. The zero-order valence-electron chi connectivity index (χ0n) is 19.1. The topological polar surface area (TPSA) is 118 Å². The molecule has 2 amide bonds. The van der Waals surface area contributed by atoms with Crippen molar-refractivity contribution in [2.75, 3.05) is 7.05 Å². The molecule has 8 nitrogen and oxygen atoms in total. The number of aliphatic carboxylic acids is 1. The van der Waals surface area contributed by atoms with Crippen LogP contribution in [-0.4, -0.2) is 41.0 Å². The number of hydrogen-bond donors (Lipinski definition) is 3. The van der Waals surface area contributed by atoms with Gasteiger partial charge in [-0.3, -0.25) is 14.6 Å².